The van der Waals surface area contributed by atoms with Crippen LogP contribution in [0.5, 0.6) is 0 Å². The predicted octanol–water partition coefficient (Wildman–Crippen LogP) is 2.50. The highest BCUT2D eigenvalue weighted by Gasteiger charge is 2.29. The fourth-order valence-corrected chi connectivity index (χ4v) is 4.58. The van der Waals surface area contributed by atoms with Gasteiger partial charge >= 0.3 is 0 Å². The average molecular weight is 282 g/mol. The molecule has 0 amide bonds. The van der Waals surface area contributed by atoms with Crippen molar-refractivity contribution in [1.29, 1.82) is 0 Å². The molecule has 0 radical (unpaired) electrons. The predicted molar refractivity (Wildman–Crippen MR) is 76.8 cm³/mol. The smallest absolute Gasteiger partial charge is 0.150 e. The highest BCUT2D eigenvalue weighted by molar-refractivity contribution is 7.91. The van der Waals surface area contributed by atoms with Crippen molar-refractivity contribution in [1.82, 2.24) is 0 Å². The fraction of sp³-hybridized carbons (Fsp3) is 0.600. The molecule has 4 heteroatoms. The first kappa shape index (κ1) is 14.5. The number of aliphatic hydroxyl groups is 1. The molecule has 0 saturated carbocycles. The van der Waals surface area contributed by atoms with Crippen LogP contribution < -0.4 is 0 Å². The van der Waals surface area contributed by atoms with Crippen LogP contribution >= 0.6 is 0 Å². The summed E-state index contributed by atoms with van der Waals surface area (Å²) in [5.41, 5.74) is 2.17. The summed E-state index contributed by atoms with van der Waals surface area (Å²) in [7, 11) is -2.85. The number of rotatable bonds is 5. The number of hydrogen-bond acceptors (Lipinski definition) is 3. The van der Waals surface area contributed by atoms with E-state index < -0.39 is 15.9 Å². The molecule has 1 saturated heterocycles. The highest BCUT2D eigenvalue weighted by atomic mass is 32.2. The molecule has 1 aliphatic heterocycles. The van der Waals surface area contributed by atoms with Crippen LogP contribution in [0, 0.1) is 5.92 Å². The molecule has 3 nitrogen and oxygen atoms in total. The Kier molecular flexibility index (Phi) is 4.63. The second kappa shape index (κ2) is 6.06. The van der Waals surface area contributed by atoms with Crippen LogP contribution in [-0.4, -0.2) is 25.0 Å². The summed E-state index contributed by atoms with van der Waals surface area (Å²) in [5, 5.41) is 10.2. The number of aryl methyl sites for hydroxylation is 1. The molecular formula is C15H22O3S. The molecule has 0 aromatic heterocycles. The molecule has 1 N–H and O–H groups in total. The zero-order valence-corrected chi connectivity index (χ0v) is 12.2. The minimum absolute atomic E-state index is 0.107. The largest absolute Gasteiger partial charge is 0.388 e. The van der Waals surface area contributed by atoms with Crippen molar-refractivity contribution in [2.45, 2.75) is 38.7 Å². The standard InChI is InChI=1S/C15H22O3S/c1-2-3-12-4-6-14(7-5-12)15(16)10-13-8-9-19(17,18)11-13/h4-7,13,15-16H,2-3,8-11H2,1H3. The Morgan fingerprint density at radius 1 is 1.32 bits per heavy atom. The van der Waals surface area contributed by atoms with Gasteiger partial charge in [0.15, 0.2) is 9.84 Å². The van der Waals surface area contributed by atoms with Crippen molar-refractivity contribution >= 4 is 9.84 Å². The van der Waals surface area contributed by atoms with Crippen molar-refractivity contribution in [2.24, 2.45) is 5.92 Å². The molecule has 2 unspecified atom stereocenters. The van der Waals surface area contributed by atoms with Crippen molar-refractivity contribution in [3.05, 3.63) is 35.4 Å². The van der Waals surface area contributed by atoms with Gasteiger partial charge in [-0.05, 0) is 36.3 Å². The second-order valence-electron chi connectivity index (χ2n) is 5.51. The first-order valence-corrected chi connectivity index (χ1v) is 8.79. The molecule has 2 rings (SSSR count). The fourth-order valence-electron chi connectivity index (χ4n) is 2.70. The SMILES string of the molecule is CCCc1ccc(C(O)CC2CCS(=O)(=O)C2)cc1. The number of aliphatic hydroxyl groups excluding tert-OH is 1. The van der Waals surface area contributed by atoms with Crippen LogP contribution in [0.1, 0.15) is 43.4 Å². The molecule has 19 heavy (non-hydrogen) atoms. The number of hydrogen-bond donors (Lipinski definition) is 1. The zero-order chi connectivity index (χ0) is 13.9. The van der Waals surface area contributed by atoms with Gasteiger partial charge in [0.1, 0.15) is 0 Å². The molecule has 0 bridgehead atoms. The maximum absolute atomic E-state index is 11.4. The summed E-state index contributed by atoms with van der Waals surface area (Å²) in [4.78, 5) is 0. The van der Waals surface area contributed by atoms with Gasteiger partial charge < -0.3 is 5.11 Å². The first-order chi connectivity index (χ1) is 9.00. The van der Waals surface area contributed by atoms with E-state index in [0.717, 1.165) is 18.4 Å². The van der Waals surface area contributed by atoms with E-state index in [1.807, 2.05) is 24.3 Å². The topological polar surface area (TPSA) is 54.4 Å². The summed E-state index contributed by atoms with van der Waals surface area (Å²) in [6, 6.07) is 8.01. The molecule has 0 spiro atoms. The van der Waals surface area contributed by atoms with E-state index in [1.165, 1.54) is 5.56 Å². The number of benzene rings is 1. The lowest BCUT2D eigenvalue weighted by molar-refractivity contribution is 0.148. The van der Waals surface area contributed by atoms with Gasteiger partial charge in [0.25, 0.3) is 0 Å². The third-order valence-corrected chi connectivity index (χ3v) is 5.62. The maximum atomic E-state index is 11.4. The third-order valence-electron chi connectivity index (χ3n) is 3.79. The Labute approximate surface area is 115 Å². The summed E-state index contributed by atoms with van der Waals surface area (Å²) >= 11 is 0. The lowest BCUT2D eigenvalue weighted by Gasteiger charge is -2.15. The average Bonchev–Trinajstić information content (AvgIpc) is 2.70. The van der Waals surface area contributed by atoms with E-state index in [1.54, 1.807) is 0 Å². The van der Waals surface area contributed by atoms with Crippen molar-refractivity contribution < 1.29 is 13.5 Å². The Balaban J connectivity index is 1.94. The monoisotopic (exact) mass is 282 g/mol. The van der Waals surface area contributed by atoms with Crippen LogP contribution in [0.2, 0.25) is 0 Å². The summed E-state index contributed by atoms with van der Waals surface area (Å²) in [5.74, 6) is 0.618. The van der Waals surface area contributed by atoms with Crippen molar-refractivity contribution in [3.8, 4) is 0 Å². The molecule has 106 valence electrons. The summed E-state index contributed by atoms with van der Waals surface area (Å²) < 4.78 is 22.8. The first-order valence-electron chi connectivity index (χ1n) is 6.97. The lowest BCUT2D eigenvalue weighted by atomic mass is 9.95. The third kappa shape index (κ3) is 4.05. The van der Waals surface area contributed by atoms with Gasteiger partial charge in [0, 0.05) is 0 Å². The van der Waals surface area contributed by atoms with Gasteiger partial charge in [-0.25, -0.2) is 8.42 Å². The van der Waals surface area contributed by atoms with Gasteiger partial charge in [-0.2, -0.15) is 0 Å². The highest BCUT2D eigenvalue weighted by Crippen LogP contribution is 2.29. The molecule has 0 aliphatic carbocycles. The van der Waals surface area contributed by atoms with E-state index >= 15 is 0 Å². The minimum Gasteiger partial charge on any atom is -0.388 e. The molecule has 1 heterocycles. The molecule has 1 aromatic rings. The van der Waals surface area contributed by atoms with E-state index in [9.17, 15) is 13.5 Å². The Morgan fingerprint density at radius 2 is 2.00 bits per heavy atom. The summed E-state index contributed by atoms with van der Waals surface area (Å²) in [6.07, 6.45) is 2.85. The Hall–Kier alpha value is -0.870. The van der Waals surface area contributed by atoms with Gasteiger partial charge in [-0.3, -0.25) is 0 Å². The second-order valence-corrected chi connectivity index (χ2v) is 7.74. The lowest BCUT2D eigenvalue weighted by Crippen LogP contribution is -2.09. The normalized spacial score (nSPS) is 23.4. The summed E-state index contributed by atoms with van der Waals surface area (Å²) in [6.45, 7) is 2.14. The molecular weight excluding hydrogens is 260 g/mol. The van der Waals surface area contributed by atoms with Gasteiger partial charge in [-0.1, -0.05) is 37.6 Å². The van der Waals surface area contributed by atoms with Gasteiger partial charge in [0.2, 0.25) is 0 Å². The number of sulfone groups is 1. The van der Waals surface area contributed by atoms with Crippen LogP contribution in [-0.2, 0) is 16.3 Å². The van der Waals surface area contributed by atoms with Gasteiger partial charge in [0.05, 0.1) is 17.6 Å². The van der Waals surface area contributed by atoms with Crippen molar-refractivity contribution in [2.75, 3.05) is 11.5 Å². The quantitative estimate of drug-likeness (QED) is 0.902. The van der Waals surface area contributed by atoms with E-state index in [-0.39, 0.29) is 17.4 Å². The molecule has 1 fully saturated rings. The molecule has 2 atom stereocenters. The van der Waals surface area contributed by atoms with E-state index in [0.29, 0.717) is 12.8 Å². The van der Waals surface area contributed by atoms with E-state index in [2.05, 4.69) is 6.92 Å². The molecule has 1 aromatic carbocycles. The Morgan fingerprint density at radius 3 is 2.53 bits per heavy atom. The zero-order valence-electron chi connectivity index (χ0n) is 11.4. The molecule has 1 aliphatic rings. The minimum atomic E-state index is -2.85. The van der Waals surface area contributed by atoms with Crippen LogP contribution in [0.25, 0.3) is 0 Å². The van der Waals surface area contributed by atoms with Crippen molar-refractivity contribution in [3.63, 3.8) is 0 Å². The van der Waals surface area contributed by atoms with Gasteiger partial charge in [-0.15, -0.1) is 0 Å². The van der Waals surface area contributed by atoms with Crippen LogP contribution in [0.3, 0.4) is 0 Å². The maximum Gasteiger partial charge on any atom is 0.150 e. The van der Waals surface area contributed by atoms with E-state index in [4.69, 9.17) is 0 Å². The van der Waals surface area contributed by atoms with Crippen LogP contribution in [0.4, 0.5) is 0 Å². The Bertz CT molecular complexity index is 505. The van der Waals surface area contributed by atoms with Crippen LogP contribution in [0.15, 0.2) is 24.3 Å².